The van der Waals surface area contributed by atoms with Gasteiger partial charge < -0.3 is 10.2 Å². The van der Waals surface area contributed by atoms with Gasteiger partial charge in [-0.2, -0.15) is 0 Å². The van der Waals surface area contributed by atoms with Crippen molar-refractivity contribution in [2.45, 2.75) is 31.5 Å². The predicted octanol–water partition coefficient (Wildman–Crippen LogP) is -0.447. The number of hydrogen-bond acceptors (Lipinski definition) is 4. The van der Waals surface area contributed by atoms with Crippen LogP contribution >= 0.6 is 0 Å². The lowest BCUT2D eigenvalue weighted by Crippen LogP contribution is -2.24. The first-order valence-electron chi connectivity index (χ1n) is 5.04. The van der Waals surface area contributed by atoms with E-state index in [1.807, 2.05) is 0 Å². The van der Waals surface area contributed by atoms with Gasteiger partial charge in [0, 0.05) is 5.92 Å². The minimum absolute atomic E-state index is 0.0396. The highest BCUT2D eigenvalue weighted by Gasteiger charge is 2.40. The largest absolute Gasteiger partial charge is 0.393 e. The number of rotatable bonds is 3. The predicted molar refractivity (Wildman–Crippen MR) is 51.5 cm³/mol. The van der Waals surface area contributed by atoms with Gasteiger partial charge in [-0.25, -0.2) is 8.42 Å². The van der Waals surface area contributed by atoms with Gasteiger partial charge in [0.15, 0.2) is 9.84 Å². The Morgan fingerprint density at radius 3 is 2.36 bits per heavy atom. The molecule has 0 aromatic carbocycles. The Bertz CT molecular complexity index is 307. The average Bonchev–Trinajstić information content (AvgIpc) is 2.79. The zero-order valence-electron chi connectivity index (χ0n) is 7.96. The van der Waals surface area contributed by atoms with E-state index in [1.54, 1.807) is 0 Å². The molecular formula is C9H16O4S. The third-order valence-electron chi connectivity index (χ3n) is 3.15. The van der Waals surface area contributed by atoms with Crippen molar-refractivity contribution >= 4 is 9.84 Å². The molecule has 2 N–H and O–H groups in total. The van der Waals surface area contributed by atoms with Gasteiger partial charge in [0.05, 0.1) is 23.7 Å². The normalized spacial score (nSPS) is 38.4. The third-order valence-corrected chi connectivity index (χ3v) is 4.93. The summed E-state index contributed by atoms with van der Waals surface area (Å²) in [6.07, 6.45) is 1.33. The maximum absolute atomic E-state index is 11.2. The van der Waals surface area contributed by atoms with Crippen LogP contribution in [0.3, 0.4) is 0 Å². The minimum Gasteiger partial charge on any atom is -0.393 e. The molecule has 2 aliphatic rings. The molecule has 1 saturated carbocycles. The van der Waals surface area contributed by atoms with Gasteiger partial charge in [0.2, 0.25) is 0 Å². The smallest absolute Gasteiger partial charge is 0.153 e. The summed E-state index contributed by atoms with van der Waals surface area (Å²) in [5.41, 5.74) is 0. The molecule has 0 aromatic rings. The summed E-state index contributed by atoms with van der Waals surface area (Å²) in [7, 11) is -3.06. The Morgan fingerprint density at radius 1 is 1.29 bits per heavy atom. The Hall–Kier alpha value is -0.130. The summed E-state index contributed by atoms with van der Waals surface area (Å²) < 4.78 is 22.4. The molecule has 0 spiro atoms. The van der Waals surface area contributed by atoms with E-state index in [2.05, 4.69) is 0 Å². The highest BCUT2D eigenvalue weighted by Crippen LogP contribution is 2.36. The maximum atomic E-state index is 11.2. The highest BCUT2D eigenvalue weighted by atomic mass is 32.2. The van der Waals surface area contributed by atoms with Crippen molar-refractivity contribution in [3.63, 3.8) is 0 Å². The van der Waals surface area contributed by atoms with E-state index in [9.17, 15) is 18.6 Å². The molecule has 82 valence electrons. The first kappa shape index (κ1) is 10.4. The summed E-state index contributed by atoms with van der Waals surface area (Å²) in [4.78, 5) is 0. The minimum atomic E-state index is -3.06. The van der Waals surface area contributed by atoms with Crippen LogP contribution in [-0.4, -0.2) is 42.3 Å². The van der Waals surface area contributed by atoms with Gasteiger partial charge in [0.1, 0.15) is 0 Å². The first-order valence-corrected chi connectivity index (χ1v) is 6.86. The molecule has 0 radical (unpaired) electrons. The maximum Gasteiger partial charge on any atom is 0.153 e. The van der Waals surface area contributed by atoms with E-state index in [0.29, 0.717) is 12.3 Å². The first-order chi connectivity index (χ1) is 6.48. The van der Waals surface area contributed by atoms with Crippen molar-refractivity contribution in [3.8, 4) is 0 Å². The fourth-order valence-corrected chi connectivity index (χ4v) is 4.05. The Labute approximate surface area is 83.9 Å². The van der Waals surface area contributed by atoms with Crippen molar-refractivity contribution in [3.05, 3.63) is 0 Å². The van der Waals surface area contributed by atoms with Crippen molar-refractivity contribution in [2.24, 2.45) is 11.8 Å². The number of aliphatic hydroxyl groups excluding tert-OH is 2. The Kier molecular flexibility index (Phi) is 2.57. The summed E-state index contributed by atoms with van der Waals surface area (Å²) in [6, 6.07) is 0. The second-order valence-electron chi connectivity index (χ2n) is 4.54. The Morgan fingerprint density at radius 2 is 1.93 bits per heavy atom. The van der Waals surface area contributed by atoms with Crippen LogP contribution in [0.1, 0.15) is 19.3 Å². The monoisotopic (exact) mass is 220 g/mol. The molecule has 1 saturated heterocycles. The van der Waals surface area contributed by atoms with E-state index < -0.39 is 22.0 Å². The summed E-state index contributed by atoms with van der Waals surface area (Å²) in [5.74, 6) is 0.00797. The molecule has 1 aliphatic carbocycles. The molecule has 5 heteroatoms. The third kappa shape index (κ3) is 2.27. The average molecular weight is 220 g/mol. The standard InChI is InChI=1S/C9H16O4S/c10-8(6-1-2-6)3-7-4-14(12,13)5-9(7)11/h6-11H,1-5H2. The second-order valence-corrected chi connectivity index (χ2v) is 6.70. The molecule has 0 bridgehead atoms. The lowest BCUT2D eigenvalue weighted by Gasteiger charge is -2.16. The van der Waals surface area contributed by atoms with E-state index in [0.717, 1.165) is 12.8 Å². The van der Waals surface area contributed by atoms with E-state index in [4.69, 9.17) is 0 Å². The van der Waals surface area contributed by atoms with Gasteiger partial charge in [-0.3, -0.25) is 0 Å². The van der Waals surface area contributed by atoms with Gasteiger partial charge in [-0.05, 0) is 25.2 Å². The number of aliphatic hydroxyl groups is 2. The number of hydrogen-bond donors (Lipinski definition) is 2. The Balaban J connectivity index is 1.91. The van der Waals surface area contributed by atoms with E-state index in [-0.39, 0.29) is 17.4 Å². The fraction of sp³-hybridized carbons (Fsp3) is 1.00. The van der Waals surface area contributed by atoms with Crippen molar-refractivity contribution in [1.82, 2.24) is 0 Å². The lowest BCUT2D eigenvalue weighted by atomic mass is 9.96. The van der Waals surface area contributed by atoms with Crippen LogP contribution in [0.5, 0.6) is 0 Å². The van der Waals surface area contributed by atoms with Gasteiger partial charge in [-0.1, -0.05) is 0 Å². The molecule has 0 aromatic heterocycles. The van der Waals surface area contributed by atoms with E-state index in [1.165, 1.54) is 0 Å². The summed E-state index contributed by atoms with van der Waals surface area (Å²) in [5, 5.41) is 19.1. The van der Waals surface area contributed by atoms with Gasteiger partial charge >= 0.3 is 0 Å². The molecule has 1 aliphatic heterocycles. The van der Waals surface area contributed by atoms with Crippen molar-refractivity contribution in [2.75, 3.05) is 11.5 Å². The van der Waals surface area contributed by atoms with Crippen LogP contribution in [0.2, 0.25) is 0 Å². The highest BCUT2D eigenvalue weighted by molar-refractivity contribution is 7.91. The van der Waals surface area contributed by atoms with Crippen LogP contribution in [0.25, 0.3) is 0 Å². The fourth-order valence-electron chi connectivity index (χ4n) is 2.11. The van der Waals surface area contributed by atoms with Gasteiger partial charge in [0.25, 0.3) is 0 Å². The molecule has 2 fully saturated rings. The molecule has 14 heavy (non-hydrogen) atoms. The topological polar surface area (TPSA) is 74.6 Å². The molecular weight excluding hydrogens is 204 g/mol. The van der Waals surface area contributed by atoms with Crippen LogP contribution in [0.15, 0.2) is 0 Å². The molecule has 2 rings (SSSR count). The molecule has 3 atom stereocenters. The van der Waals surface area contributed by atoms with Crippen LogP contribution < -0.4 is 0 Å². The quantitative estimate of drug-likeness (QED) is 0.675. The zero-order valence-corrected chi connectivity index (χ0v) is 8.78. The summed E-state index contributed by atoms with van der Waals surface area (Å²) >= 11 is 0. The van der Waals surface area contributed by atoms with E-state index >= 15 is 0 Å². The molecule has 1 heterocycles. The summed E-state index contributed by atoms with van der Waals surface area (Å²) in [6.45, 7) is 0. The van der Waals surface area contributed by atoms with Crippen LogP contribution in [0.4, 0.5) is 0 Å². The van der Waals surface area contributed by atoms with Gasteiger partial charge in [-0.15, -0.1) is 0 Å². The SMILES string of the molecule is O=S1(=O)CC(O)C(CC(O)C2CC2)C1. The molecule has 4 nitrogen and oxygen atoms in total. The van der Waals surface area contributed by atoms with Crippen LogP contribution in [0, 0.1) is 11.8 Å². The van der Waals surface area contributed by atoms with Crippen molar-refractivity contribution in [1.29, 1.82) is 0 Å². The lowest BCUT2D eigenvalue weighted by molar-refractivity contribution is 0.0783. The zero-order chi connectivity index (χ0) is 10.3. The molecule has 3 unspecified atom stereocenters. The van der Waals surface area contributed by atoms with Crippen molar-refractivity contribution < 1.29 is 18.6 Å². The second kappa shape index (κ2) is 3.47. The molecule has 0 amide bonds. The van der Waals surface area contributed by atoms with Crippen LogP contribution in [-0.2, 0) is 9.84 Å². The number of sulfone groups is 1.